The molecular weight excluding hydrogens is 1740 g/mol. The molecule has 8 aliphatic rings. The third kappa shape index (κ3) is 31.4. The number of alkyl carbamates (subject to hydrolysis) is 1. The molecular formula is C80H130N26O26. The molecule has 2 aromatic rings. The third-order valence-corrected chi connectivity index (χ3v) is 22.0. The highest BCUT2D eigenvalue weighted by Crippen LogP contribution is 2.34. The molecule has 0 aromatic heterocycles. The first-order chi connectivity index (χ1) is 62.9. The zero-order valence-electron chi connectivity index (χ0n) is 74.1. The van der Waals surface area contributed by atoms with Crippen LogP contribution in [0.4, 0.5) is 38.4 Å². The van der Waals surface area contributed by atoms with E-state index in [1.54, 1.807) is 74.5 Å². The van der Waals surface area contributed by atoms with Crippen LogP contribution in [0.2, 0.25) is 0 Å². The van der Waals surface area contributed by atoms with Gasteiger partial charge < -0.3 is 203 Å². The summed E-state index contributed by atoms with van der Waals surface area (Å²) in [6.45, 7) is 16.9. The van der Waals surface area contributed by atoms with Gasteiger partial charge in [0.15, 0.2) is 37.0 Å². The van der Waals surface area contributed by atoms with Crippen molar-refractivity contribution in [3.8, 4) is 11.5 Å². The highest BCUT2D eigenvalue weighted by atomic mass is 16.7. The number of nitrogens with two attached hydrogens (primary N) is 8. The molecule has 0 radical (unpaired) electrons. The van der Waals surface area contributed by atoms with Gasteiger partial charge in [0.05, 0.1) is 68.9 Å². The van der Waals surface area contributed by atoms with Crippen molar-refractivity contribution < 1.29 is 126 Å². The van der Waals surface area contributed by atoms with E-state index in [1.807, 2.05) is 0 Å². The second-order valence-electron chi connectivity index (χ2n) is 32.9. The number of hydrogen-bond acceptors (Lipinski definition) is 32. The van der Waals surface area contributed by atoms with E-state index in [4.69, 9.17) is 98.0 Å². The molecule has 0 bridgehead atoms. The number of aliphatic hydroxyl groups excluding tert-OH is 5. The Kier molecular flexibility index (Phi) is 40.4. The van der Waals surface area contributed by atoms with Gasteiger partial charge in [0.2, 0.25) is 24.4 Å². The van der Waals surface area contributed by atoms with Crippen molar-refractivity contribution in [1.29, 1.82) is 0 Å². The van der Waals surface area contributed by atoms with Gasteiger partial charge >= 0.3 is 48.3 Å². The second kappa shape index (κ2) is 51.1. The van der Waals surface area contributed by atoms with Crippen LogP contribution in [-0.2, 0) is 52.2 Å². The predicted molar refractivity (Wildman–Crippen MR) is 470 cm³/mol. The summed E-state index contributed by atoms with van der Waals surface area (Å²) in [5.74, 6) is -0.616. The standard InChI is InChI=1S/2C40H65N13O13/c1-19(2)46-15-5-4-13-45-14-6-16-47-25(55)12-9-21-7-10-22(11-8-21)65-34-29(48-36(41)42)32(57)26(20(3)64-34)50-39(60)52-33-28(49-37(43)58)31(56)24(18-62-33)66-35-30-27(23(54)17-63-35)51-40(61)53(30)38(44)59;1-19(2)46-15-5-4-13-45-14-6-16-47-25(54)12-9-21-7-10-22(11-8-21)64-35-30(48-36(41)42)32(56)26(20(3)63-35)51-39(59)53-33-29(50-38(44)58)31(55)24(18-61-33)65-34-28(49-37(43)57)27-23(17-62-34)66-40(60)52-27/h7-12,19-20,23-24,26-35,45-46,54,56-57H,4-6,13-18H2,1-3H3,(H2,44,59)(H,47,55)(H,51,61)(H4,41,42,48)(H3,43,49,58)(H2,50,52,60);7-12,19-20,23-24,26-35,45-46,55-56H,4-6,13-18H2,1-3H3,(H,47,54)(H,52,60)(H4,41,42,48)(H3,43,49,57)(H3,44,50,58)(H2,51,53,59). The van der Waals surface area contributed by atoms with Gasteiger partial charge in [-0.15, -0.1) is 0 Å². The molecule has 26 atom stereocenters. The number of nitrogens with one attached hydrogen (secondary N) is 15. The fourth-order valence-electron chi connectivity index (χ4n) is 15.5. The Morgan fingerprint density at radius 1 is 0.477 bits per heavy atom. The summed E-state index contributed by atoms with van der Waals surface area (Å²) in [5, 5.41) is 97.7. The van der Waals surface area contributed by atoms with Crippen LogP contribution in [0.5, 0.6) is 11.5 Å². The summed E-state index contributed by atoms with van der Waals surface area (Å²) in [6.07, 6.45) is -9.18. The number of carbonyl (C=O) groups excluding carboxylic acids is 10. The molecule has 2 aromatic carbocycles. The monoisotopic (exact) mass is 1870 g/mol. The number of aliphatic imine (C=N–C) groups is 2. The Labute approximate surface area is 760 Å². The zero-order valence-corrected chi connectivity index (χ0v) is 74.1. The fraction of sp³-hybridized carbons (Fsp3) is 0.650. The molecule has 10 rings (SSSR count). The smallest absolute Gasteiger partial charge is 0.407 e. The van der Waals surface area contributed by atoms with E-state index in [0.29, 0.717) is 52.7 Å². The number of amides is 17. The molecule has 17 amide bonds. The predicted octanol–water partition coefficient (Wildman–Crippen LogP) is -7.56. The number of benzene rings is 2. The molecule has 0 aliphatic carbocycles. The average Bonchev–Trinajstić information content (AvgIpc) is 1.61. The minimum Gasteiger partial charge on any atom is -0.462 e. The summed E-state index contributed by atoms with van der Waals surface area (Å²) in [6, 6.07) is -4.46. The quantitative estimate of drug-likeness (QED) is 0.0127. The first-order valence-electron chi connectivity index (χ1n) is 43.6. The van der Waals surface area contributed by atoms with E-state index < -0.39 is 226 Å². The number of fused-ring (bicyclic) bond motifs is 2. The van der Waals surface area contributed by atoms with E-state index in [9.17, 15) is 73.5 Å². The van der Waals surface area contributed by atoms with Gasteiger partial charge in [0.25, 0.3) is 0 Å². The van der Waals surface area contributed by atoms with E-state index in [-0.39, 0.29) is 31.6 Å². The van der Waals surface area contributed by atoms with Crippen LogP contribution in [0.25, 0.3) is 12.2 Å². The molecule has 26 unspecified atom stereocenters. The molecule has 8 heterocycles. The topological polar surface area (TPSA) is 790 Å². The number of hydrogen-bond donors (Lipinski definition) is 28. The number of ether oxygens (including phenoxy) is 11. The number of nitrogens with zero attached hydrogens (tertiary/aromatic N) is 3. The number of primary amides is 4. The fourth-order valence-corrected chi connectivity index (χ4v) is 15.5. The number of unbranched alkanes of at least 4 members (excludes halogenated alkanes) is 2. The van der Waals surface area contributed by atoms with Crippen molar-refractivity contribution in [2.75, 3.05) is 78.8 Å². The molecule has 736 valence electrons. The Hall–Kier alpha value is -11.3. The number of rotatable bonds is 41. The first-order valence-corrected chi connectivity index (χ1v) is 43.6. The zero-order chi connectivity index (χ0) is 96.0. The maximum absolute atomic E-state index is 13.5. The summed E-state index contributed by atoms with van der Waals surface area (Å²) >= 11 is 0. The van der Waals surface area contributed by atoms with Gasteiger partial charge in [-0.2, -0.15) is 0 Å². The maximum Gasteiger partial charge on any atom is 0.407 e. The molecule has 8 fully saturated rings. The lowest BCUT2D eigenvalue weighted by atomic mass is 9.95. The van der Waals surface area contributed by atoms with Gasteiger partial charge in [0, 0.05) is 37.3 Å². The van der Waals surface area contributed by atoms with E-state index in [0.717, 1.165) is 77.8 Å². The normalized spacial score (nSPS) is 30.7. The van der Waals surface area contributed by atoms with Crippen molar-refractivity contribution in [2.24, 2.45) is 55.9 Å². The number of urea groups is 7. The molecule has 52 heteroatoms. The SMILES string of the molecule is CC(C)NCCCCNCCCNC(=O)C=Cc1ccc(OC2OC(C)C(NC(=O)NC3OCC(OC4OCC(O)C5NC(=O)N(C(N)=O)C45)C(O)C3NC(N)=O)C(O)C2N=C(N)N)cc1.CC(C)NCCCCNCCCNC(=O)C=Cc1ccc(OC2OC(C)C(NC(=O)NC3OCC(OC4OCC5OC(=O)NC5C4NC(N)=O)C(O)C3NC(N)=O)C(O)C2N=C(N)N)cc1. The largest absolute Gasteiger partial charge is 0.462 e. The number of imide groups is 1. The van der Waals surface area contributed by atoms with Crippen molar-refractivity contribution in [3.63, 3.8) is 0 Å². The number of carbonyl (C=O) groups is 10. The van der Waals surface area contributed by atoms with Crippen LogP contribution >= 0.6 is 0 Å². The number of aliphatic hydroxyl groups is 5. The van der Waals surface area contributed by atoms with Crippen LogP contribution in [0.3, 0.4) is 0 Å². The molecule has 132 heavy (non-hydrogen) atoms. The molecule has 0 saturated carbocycles. The minimum absolute atomic E-state index is 0.127. The van der Waals surface area contributed by atoms with E-state index in [1.165, 1.54) is 12.2 Å². The Morgan fingerprint density at radius 2 is 0.894 bits per heavy atom. The van der Waals surface area contributed by atoms with Crippen LogP contribution < -0.4 is 135 Å². The molecule has 36 N–H and O–H groups in total. The van der Waals surface area contributed by atoms with Gasteiger partial charge in [-0.3, -0.25) is 9.59 Å². The lowest BCUT2D eigenvalue weighted by Gasteiger charge is -2.44. The van der Waals surface area contributed by atoms with Gasteiger partial charge in [0.1, 0.15) is 90.5 Å². The van der Waals surface area contributed by atoms with Gasteiger partial charge in [-0.05, 0) is 139 Å². The first kappa shape index (κ1) is 104. The Balaban J connectivity index is 0.000000297. The van der Waals surface area contributed by atoms with Gasteiger partial charge in [-0.25, -0.2) is 53.2 Å². The van der Waals surface area contributed by atoms with Crippen LogP contribution in [0.15, 0.2) is 70.7 Å². The number of guanidine groups is 2. The Bertz CT molecular complexity index is 4220. The van der Waals surface area contributed by atoms with Crippen molar-refractivity contribution in [2.45, 2.75) is 251 Å². The maximum atomic E-state index is 13.5. The van der Waals surface area contributed by atoms with Crippen LogP contribution in [0.1, 0.15) is 91.2 Å². The lowest BCUT2D eigenvalue weighted by Crippen LogP contribution is -2.70. The van der Waals surface area contributed by atoms with Crippen LogP contribution in [-0.4, -0.2) is 352 Å². The summed E-state index contributed by atoms with van der Waals surface area (Å²) in [5.41, 5.74) is 45.8. The summed E-state index contributed by atoms with van der Waals surface area (Å²) in [7, 11) is 0. The third-order valence-electron chi connectivity index (χ3n) is 22.0. The Morgan fingerprint density at radius 3 is 1.32 bits per heavy atom. The van der Waals surface area contributed by atoms with Gasteiger partial charge in [-0.1, -0.05) is 52.0 Å². The minimum atomic E-state index is -1.64. The second-order valence-corrected chi connectivity index (χ2v) is 32.9. The van der Waals surface area contributed by atoms with E-state index >= 15 is 0 Å². The van der Waals surface area contributed by atoms with E-state index in [2.05, 4.69) is 117 Å². The van der Waals surface area contributed by atoms with Crippen molar-refractivity contribution in [1.82, 2.24) is 84.7 Å². The van der Waals surface area contributed by atoms with Crippen LogP contribution in [0, 0.1) is 0 Å². The molecule has 0 spiro atoms. The molecule has 8 aliphatic heterocycles. The average molecular weight is 1870 g/mol. The molecule has 52 nitrogen and oxygen atoms in total. The highest BCUT2D eigenvalue weighted by molar-refractivity contribution is 5.95. The summed E-state index contributed by atoms with van der Waals surface area (Å²) in [4.78, 5) is 133. The highest BCUT2D eigenvalue weighted by Gasteiger charge is 2.57. The lowest BCUT2D eigenvalue weighted by molar-refractivity contribution is -0.268. The molecule has 8 saturated heterocycles. The van der Waals surface area contributed by atoms with Crippen molar-refractivity contribution in [3.05, 3.63) is 71.8 Å². The van der Waals surface area contributed by atoms with Crippen molar-refractivity contribution >= 4 is 84.2 Å². The summed E-state index contributed by atoms with van der Waals surface area (Å²) < 4.78 is 64.1.